The number of amides is 1. The fraction of sp³-hybridized carbons (Fsp3) is 0.545. The van der Waals surface area contributed by atoms with Crippen LogP contribution < -0.4 is 11.5 Å². The minimum absolute atomic E-state index is 0.00384. The summed E-state index contributed by atoms with van der Waals surface area (Å²) in [5.74, 6) is -0.512. The smallest absolute Gasteiger partial charge is 0.254 e. The minimum Gasteiger partial charge on any atom is -0.382 e. The molecule has 1 fully saturated rings. The highest BCUT2D eigenvalue weighted by Gasteiger charge is 2.28. The van der Waals surface area contributed by atoms with Crippen LogP contribution in [0.3, 0.4) is 0 Å². The lowest BCUT2D eigenvalue weighted by molar-refractivity contribution is 0.100. The van der Waals surface area contributed by atoms with Crippen LogP contribution in [-0.4, -0.2) is 15.7 Å². The van der Waals surface area contributed by atoms with E-state index in [0.717, 1.165) is 25.7 Å². The summed E-state index contributed by atoms with van der Waals surface area (Å²) in [5, 5.41) is 13.2. The molecule has 2 atom stereocenters. The number of carbonyl (C=O) groups excluding carboxylic acids is 1. The molecule has 0 saturated heterocycles. The normalized spacial score (nSPS) is 24.2. The number of carbonyl (C=O) groups is 1. The van der Waals surface area contributed by atoms with E-state index in [0.29, 0.717) is 0 Å². The molecule has 1 aromatic rings. The molecule has 6 heteroatoms. The third-order valence-electron chi connectivity index (χ3n) is 3.26. The second-order valence-corrected chi connectivity index (χ2v) is 4.36. The van der Waals surface area contributed by atoms with E-state index in [4.69, 9.17) is 16.7 Å². The molecule has 1 aromatic heterocycles. The van der Waals surface area contributed by atoms with Crippen molar-refractivity contribution in [2.45, 2.75) is 31.7 Å². The van der Waals surface area contributed by atoms with E-state index in [1.807, 2.05) is 0 Å². The topological polar surface area (TPSA) is 111 Å². The number of rotatable bonds is 2. The molecule has 0 spiro atoms. The minimum atomic E-state index is -0.585. The van der Waals surface area contributed by atoms with Gasteiger partial charge in [0.25, 0.3) is 5.91 Å². The van der Waals surface area contributed by atoms with Crippen LogP contribution in [0.4, 0.5) is 5.82 Å². The lowest BCUT2D eigenvalue weighted by Gasteiger charge is -2.26. The zero-order valence-corrected chi connectivity index (χ0v) is 9.47. The Morgan fingerprint density at radius 1 is 1.53 bits per heavy atom. The van der Waals surface area contributed by atoms with Crippen molar-refractivity contribution >= 4 is 11.7 Å². The number of primary amides is 1. The molecule has 0 bridgehead atoms. The van der Waals surface area contributed by atoms with Gasteiger partial charge in [0.1, 0.15) is 5.56 Å². The van der Waals surface area contributed by atoms with Crippen molar-refractivity contribution < 1.29 is 4.79 Å². The van der Waals surface area contributed by atoms with Crippen molar-refractivity contribution in [1.29, 1.82) is 5.26 Å². The molecule has 1 heterocycles. The van der Waals surface area contributed by atoms with Gasteiger partial charge in [-0.25, -0.2) is 0 Å². The molecular weight excluding hydrogens is 218 g/mol. The SMILES string of the molecule is N#C[C@H]1CCCCC1n1cc(C(N)=O)c(N)n1. The predicted molar refractivity (Wildman–Crippen MR) is 61.8 cm³/mol. The van der Waals surface area contributed by atoms with E-state index >= 15 is 0 Å². The first kappa shape index (κ1) is 11.5. The van der Waals surface area contributed by atoms with E-state index < -0.39 is 5.91 Å². The van der Waals surface area contributed by atoms with E-state index in [1.165, 1.54) is 0 Å². The molecule has 17 heavy (non-hydrogen) atoms. The van der Waals surface area contributed by atoms with Crippen LogP contribution >= 0.6 is 0 Å². The first-order valence-electron chi connectivity index (χ1n) is 5.67. The van der Waals surface area contributed by atoms with Gasteiger partial charge in [-0.15, -0.1) is 0 Å². The highest BCUT2D eigenvalue weighted by Crippen LogP contribution is 2.33. The summed E-state index contributed by atoms with van der Waals surface area (Å²) in [6.07, 6.45) is 5.44. The quantitative estimate of drug-likeness (QED) is 0.787. The molecular formula is C11H15N5O. The summed E-state index contributed by atoms with van der Waals surface area (Å²) in [4.78, 5) is 11.1. The molecule has 4 N–H and O–H groups in total. The van der Waals surface area contributed by atoms with Crippen LogP contribution in [0.25, 0.3) is 0 Å². The predicted octanol–water partition coefficient (Wildman–Crippen LogP) is 0.819. The summed E-state index contributed by atoms with van der Waals surface area (Å²) < 4.78 is 1.63. The number of aromatic nitrogens is 2. The van der Waals surface area contributed by atoms with Gasteiger partial charge in [0.05, 0.1) is 18.0 Å². The fourth-order valence-corrected chi connectivity index (χ4v) is 2.34. The van der Waals surface area contributed by atoms with E-state index in [-0.39, 0.29) is 23.3 Å². The largest absolute Gasteiger partial charge is 0.382 e. The molecule has 6 nitrogen and oxygen atoms in total. The van der Waals surface area contributed by atoms with Crippen LogP contribution in [-0.2, 0) is 0 Å². The molecule has 1 aliphatic rings. The van der Waals surface area contributed by atoms with E-state index in [2.05, 4.69) is 11.2 Å². The summed E-state index contributed by atoms with van der Waals surface area (Å²) >= 11 is 0. The van der Waals surface area contributed by atoms with Crippen molar-refractivity contribution in [3.63, 3.8) is 0 Å². The second kappa shape index (κ2) is 4.45. The van der Waals surface area contributed by atoms with Crippen LogP contribution in [0.1, 0.15) is 42.1 Å². The van der Waals surface area contributed by atoms with Crippen molar-refractivity contribution in [2.24, 2.45) is 11.7 Å². The standard InChI is InChI=1S/C11H15N5O/c12-5-7-3-1-2-4-9(7)16-6-8(11(14)17)10(13)15-16/h6-7,9H,1-4H2,(H2,13,15)(H2,14,17)/t7-,9?/m1/s1. The molecule has 1 saturated carbocycles. The lowest BCUT2D eigenvalue weighted by Crippen LogP contribution is -2.22. The maximum atomic E-state index is 11.1. The van der Waals surface area contributed by atoms with Crippen molar-refractivity contribution in [1.82, 2.24) is 9.78 Å². The van der Waals surface area contributed by atoms with Crippen LogP contribution in [0, 0.1) is 17.2 Å². The van der Waals surface area contributed by atoms with Crippen LogP contribution in [0.5, 0.6) is 0 Å². The number of hydrogen-bond donors (Lipinski definition) is 2. The molecule has 1 amide bonds. The maximum absolute atomic E-state index is 11.1. The van der Waals surface area contributed by atoms with Crippen molar-refractivity contribution in [2.75, 3.05) is 5.73 Å². The first-order valence-corrected chi connectivity index (χ1v) is 5.67. The highest BCUT2D eigenvalue weighted by molar-refractivity contribution is 5.96. The zero-order valence-electron chi connectivity index (χ0n) is 9.47. The van der Waals surface area contributed by atoms with Gasteiger partial charge in [-0.1, -0.05) is 12.8 Å². The molecule has 90 valence electrons. The Balaban J connectivity index is 2.30. The Morgan fingerprint density at radius 2 is 2.24 bits per heavy atom. The molecule has 0 radical (unpaired) electrons. The molecule has 1 unspecified atom stereocenters. The third-order valence-corrected chi connectivity index (χ3v) is 3.26. The lowest BCUT2D eigenvalue weighted by atomic mass is 9.85. The molecule has 2 rings (SSSR count). The van der Waals surface area contributed by atoms with Crippen LogP contribution in [0.2, 0.25) is 0 Å². The van der Waals surface area contributed by atoms with Gasteiger partial charge in [-0.3, -0.25) is 9.48 Å². The van der Waals surface area contributed by atoms with E-state index in [1.54, 1.807) is 10.9 Å². The van der Waals surface area contributed by atoms with Gasteiger partial charge >= 0.3 is 0 Å². The fourth-order valence-electron chi connectivity index (χ4n) is 2.34. The highest BCUT2D eigenvalue weighted by atomic mass is 16.1. The number of nitrogens with zero attached hydrogens (tertiary/aromatic N) is 3. The zero-order chi connectivity index (χ0) is 12.4. The van der Waals surface area contributed by atoms with Crippen molar-refractivity contribution in [3.05, 3.63) is 11.8 Å². The molecule has 0 aliphatic heterocycles. The first-order chi connectivity index (χ1) is 8.13. The van der Waals surface area contributed by atoms with Gasteiger partial charge in [0, 0.05) is 6.20 Å². The van der Waals surface area contributed by atoms with Crippen LogP contribution in [0.15, 0.2) is 6.20 Å². The number of nitriles is 1. The summed E-state index contributed by atoms with van der Waals surface area (Å²) in [5.41, 5.74) is 11.0. The van der Waals surface area contributed by atoms with Gasteiger partial charge in [0.15, 0.2) is 5.82 Å². The number of nitrogen functional groups attached to an aromatic ring is 1. The maximum Gasteiger partial charge on any atom is 0.254 e. The number of nitrogens with two attached hydrogens (primary N) is 2. The number of hydrogen-bond acceptors (Lipinski definition) is 4. The summed E-state index contributed by atoms with van der Waals surface area (Å²) in [6.45, 7) is 0. The Morgan fingerprint density at radius 3 is 2.82 bits per heavy atom. The monoisotopic (exact) mass is 233 g/mol. The van der Waals surface area contributed by atoms with E-state index in [9.17, 15) is 4.79 Å². The third kappa shape index (κ3) is 2.09. The second-order valence-electron chi connectivity index (χ2n) is 4.36. The molecule has 0 aromatic carbocycles. The van der Waals surface area contributed by atoms with Gasteiger partial charge < -0.3 is 11.5 Å². The summed E-state index contributed by atoms with van der Waals surface area (Å²) in [6, 6.07) is 2.30. The molecule has 1 aliphatic carbocycles. The number of anilines is 1. The summed E-state index contributed by atoms with van der Waals surface area (Å²) in [7, 11) is 0. The average Bonchev–Trinajstić information content (AvgIpc) is 2.71. The Kier molecular flexibility index (Phi) is 3.00. The van der Waals surface area contributed by atoms with Gasteiger partial charge in [-0.2, -0.15) is 10.4 Å². The Bertz CT molecular complexity index is 473. The van der Waals surface area contributed by atoms with Crippen molar-refractivity contribution in [3.8, 4) is 6.07 Å². The van der Waals surface area contributed by atoms with Gasteiger partial charge in [-0.05, 0) is 12.8 Å². The average molecular weight is 233 g/mol. The van der Waals surface area contributed by atoms with Gasteiger partial charge in [0.2, 0.25) is 0 Å². The Labute approximate surface area is 99.2 Å². The Hall–Kier alpha value is -2.03.